The highest BCUT2D eigenvalue weighted by Crippen LogP contribution is 2.62. The van der Waals surface area contributed by atoms with E-state index in [1.54, 1.807) is 0 Å². The lowest BCUT2D eigenvalue weighted by atomic mass is 9.61. The first-order valence-electron chi connectivity index (χ1n) is 21.9. The van der Waals surface area contributed by atoms with Gasteiger partial charge in [-0.15, -0.1) is 0 Å². The predicted octanol–water partition coefficient (Wildman–Crippen LogP) is 16.1. The zero-order valence-corrected chi connectivity index (χ0v) is 34.3. The third-order valence-electron chi connectivity index (χ3n) is 14.1. The molecule has 1 spiro atoms. The van der Waals surface area contributed by atoms with E-state index < -0.39 is 5.41 Å². The van der Waals surface area contributed by atoms with Crippen LogP contribution in [-0.4, -0.2) is 4.57 Å². The Morgan fingerprint density at radius 3 is 1.63 bits per heavy atom. The maximum atomic E-state index is 2.51. The summed E-state index contributed by atoms with van der Waals surface area (Å²) in [6.07, 6.45) is 0. The lowest BCUT2D eigenvalue weighted by Crippen LogP contribution is -2.32. The summed E-state index contributed by atoms with van der Waals surface area (Å²) >= 11 is 0. The fourth-order valence-corrected chi connectivity index (χ4v) is 11.5. The van der Waals surface area contributed by atoms with Crippen LogP contribution in [0, 0.1) is 0 Å². The van der Waals surface area contributed by atoms with E-state index in [0.717, 1.165) is 22.7 Å². The molecule has 1 heterocycles. The van der Waals surface area contributed by atoms with Gasteiger partial charge in [-0.2, -0.15) is 0 Å². The monoisotopic (exact) mass is 798 g/mol. The van der Waals surface area contributed by atoms with Crippen LogP contribution >= 0.6 is 0 Å². The molecule has 1 atom stereocenters. The minimum Gasteiger partial charge on any atom is -0.310 e. The summed E-state index contributed by atoms with van der Waals surface area (Å²) in [4.78, 5) is 2.48. The van der Waals surface area contributed by atoms with Gasteiger partial charge in [0.2, 0.25) is 0 Å². The van der Waals surface area contributed by atoms with Crippen molar-refractivity contribution in [3.05, 3.63) is 253 Å². The van der Waals surface area contributed by atoms with Crippen molar-refractivity contribution in [2.45, 2.75) is 5.41 Å². The molecule has 1 unspecified atom stereocenters. The molecule has 2 aliphatic carbocycles. The van der Waals surface area contributed by atoms with Gasteiger partial charge in [0.15, 0.2) is 0 Å². The third kappa shape index (κ3) is 4.72. The number of rotatable bonds is 4. The van der Waals surface area contributed by atoms with Crippen molar-refractivity contribution in [3.8, 4) is 27.9 Å². The molecule has 0 bridgehead atoms. The second kappa shape index (κ2) is 12.9. The van der Waals surface area contributed by atoms with Crippen LogP contribution in [0.15, 0.2) is 231 Å². The molecular weight excluding hydrogens is 761 g/mol. The molecule has 292 valence electrons. The van der Waals surface area contributed by atoms with Crippen molar-refractivity contribution in [2.75, 3.05) is 4.90 Å². The average molecular weight is 799 g/mol. The van der Waals surface area contributed by atoms with E-state index in [4.69, 9.17) is 0 Å². The van der Waals surface area contributed by atoms with Crippen LogP contribution in [0.3, 0.4) is 0 Å². The molecule has 11 aromatic carbocycles. The summed E-state index contributed by atoms with van der Waals surface area (Å²) in [5.74, 6) is 0. The molecule has 0 saturated carbocycles. The number of nitrogens with zero attached hydrogens (tertiary/aromatic N) is 2. The van der Waals surface area contributed by atoms with E-state index in [9.17, 15) is 0 Å². The molecule has 0 N–H and O–H groups in total. The minimum absolute atomic E-state index is 0.520. The van der Waals surface area contributed by atoms with E-state index in [1.807, 2.05) is 0 Å². The molecule has 0 saturated heterocycles. The van der Waals surface area contributed by atoms with E-state index in [-0.39, 0.29) is 0 Å². The molecule has 0 radical (unpaired) electrons. The summed E-state index contributed by atoms with van der Waals surface area (Å²) in [6, 6.07) is 86.2. The van der Waals surface area contributed by atoms with Crippen molar-refractivity contribution >= 4 is 71.2 Å². The van der Waals surface area contributed by atoms with Crippen LogP contribution in [0.2, 0.25) is 0 Å². The van der Waals surface area contributed by atoms with Crippen LogP contribution in [0.25, 0.3) is 82.1 Å². The van der Waals surface area contributed by atoms with Gasteiger partial charge in [0.25, 0.3) is 0 Å². The van der Waals surface area contributed by atoms with E-state index in [0.29, 0.717) is 0 Å². The Bertz CT molecular complexity index is 3880. The number of anilines is 3. The number of hydrogen-bond acceptors (Lipinski definition) is 1. The molecule has 0 fully saturated rings. The first-order chi connectivity index (χ1) is 31.2. The molecule has 1 aromatic heterocycles. The molecular formula is C61H38N2. The molecule has 63 heavy (non-hydrogen) atoms. The maximum Gasteiger partial charge on any atom is 0.0726 e. The fourth-order valence-electron chi connectivity index (χ4n) is 11.5. The number of aromatic nitrogens is 1. The second-order valence-corrected chi connectivity index (χ2v) is 17.2. The molecule has 2 aliphatic rings. The van der Waals surface area contributed by atoms with Crippen LogP contribution < -0.4 is 4.90 Å². The quantitative estimate of drug-likeness (QED) is 0.172. The van der Waals surface area contributed by atoms with Crippen LogP contribution in [0.4, 0.5) is 17.1 Å². The van der Waals surface area contributed by atoms with Crippen molar-refractivity contribution in [2.24, 2.45) is 0 Å². The van der Waals surface area contributed by atoms with Crippen molar-refractivity contribution in [3.63, 3.8) is 0 Å². The maximum absolute atomic E-state index is 2.51. The zero-order valence-electron chi connectivity index (χ0n) is 34.3. The third-order valence-corrected chi connectivity index (χ3v) is 14.1. The summed E-state index contributed by atoms with van der Waals surface area (Å²) < 4.78 is 2.45. The number of benzene rings is 11. The Labute approximate surface area is 365 Å². The zero-order chi connectivity index (χ0) is 41.2. The average Bonchev–Trinajstić information content (AvgIpc) is 3.83. The van der Waals surface area contributed by atoms with Gasteiger partial charge in [0, 0.05) is 33.5 Å². The summed E-state index contributed by atoms with van der Waals surface area (Å²) in [5.41, 5.74) is 16.8. The summed E-state index contributed by atoms with van der Waals surface area (Å²) in [5, 5.41) is 9.98. The number of fused-ring (bicyclic) bond motifs is 14. The highest BCUT2D eigenvalue weighted by molar-refractivity contribution is 6.11. The topological polar surface area (TPSA) is 8.17 Å². The fraction of sp³-hybridized carbons (Fsp3) is 0.0164. The largest absolute Gasteiger partial charge is 0.310 e. The van der Waals surface area contributed by atoms with Gasteiger partial charge in [0.05, 0.1) is 16.4 Å². The van der Waals surface area contributed by atoms with Gasteiger partial charge >= 0.3 is 0 Å². The van der Waals surface area contributed by atoms with Gasteiger partial charge in [0.1, 0.15) is 0 Å². The van der Waals surface area contributed by atoms with E-state index in [2.05, 4.69) is 240 Å². The Morgan fingerprint density at radius 2 is 0.825 bits per heavy atom. The molecule has 14 rings (SSSR count). The van der Waals surface area contributed by atoms with Crippen molar-refractivity contribution in [1.82, 2.24) is 4.57 Å². The second-order valence-electron chi connectivity index (χ2n) is 17.2. The first kappa shape index (κ1) is 34.5. The normalized spacial score (nSPS) is 14.7. The van der Waals surface area contributed by atoms with Gasteiger partial charge in [-0.3, -0.25) is 0 Å². The summed E-state index contributed by atoms with van der Waals surface area (Å²) in [7, 11) is 0. The lowest BCUT2D eigenvalue weighted by Gasteiger charge is -2.40. The molecule has 2 heteroatoms. The molecule has 2 nitrogen and oxygen atoms in total. The van der Waals surface area contributed by atoms with E-state index >= 15 is 0 Å². The Balaban J connectivity index is 1.06. The van der Waals surface area contributed by atoms with Gasteiger partial charge in [-0.25, -0.2) is 0 Å². The number of para-hydroxylation sites is 1. The Kier molecular flexibility index (Phi) is 7.07. The van der Waals surface area contributed by atoms with Crippen LogP contribution in [-0.2, 0) is 5.41 Å². The lowest BCUT2D eigenvalue weighted by molar-refractivity contribution is 0.773. The first-order valence-corrected chi connectivity index (χ1v) is 21.9. The summed E-state index contributed by atoms with van der Waals surface area (Å²) in [6.45, 7) is 0. The Hall–Kier alpha value is -8.20. The highest BCUT2D eigenvalue weighted by Gasteiger charge is 2.50. The molecule has 0 amide bonds. The minimum atomic E-state index is -0.520. The smallest absolute Gasteiger partial charge is 0.0726 e. The SMILES string of the molecule is c1ccc2c(c1)-c1ccc(N(c3ccc4ccccc4c3)c3ccc4c5ccccc5n(-c5ccc6ccccc6c5)c4c3)cc1C21c2ccccc2-c2cccc3cccc1c23. The van der Waals surface area contributed by atoms with Crippen LogP contribution in [0.5, 0.6) is 0 Å². The number of hydrogen-bond donors (Lipinski definition) is 0. The van der Waals surface area contributed by atoms with Gasteiger partial charge in [-0.1, -0.05) is 176 Å². The van der Waals surface area contributed by atoms with Crippen LogP contribution in [0.1, 0.15) is 22.3 Å². The molecule has 0 aliphatic heterocycles. The standard InChI is InChI=1S/C61H38N2/c1-3-15-42-35-44(29-27-39(42)13-1)62(47-32-34-52-51-21-7-10-26-58(51)63(59(52)38-47)45-30-28-40-14-2-4-16-43(40)36-45)46-31-33-50-48-19-5-8-23-54(48)61(57(50)37-46)55-24-9-6-20-49(55)53-22-11-17-41-18-12-25-56(61)60(41)53/h1-38H. The van der Waals surface area contributed by atoms with Gasteiger partial charge in [-0.05, 0) is 131 Å². The Morgan fingerprint density at radius 1 is 0.302 bits per heavy atom. The predicted molar refractivity (Wildman–Crippen MR) is 264 cm³/mol. The van der Waals surface area contributed by atoms with Gasteiger partial charge < -0.3 is 9.47 Å². The highest BCUT2D eigenvalue weighted by atomic mass is 15.1. The van der Waals surface area contributed by atoms with Crippen molar-refractivity contribution in [1.29, 1.82) is 0 Å². The van der Waals surface area contributed by atoms with E-state index in [1.165, 1.54) is 98.6 Å². The van der Waals surface area contributed by atoms with Crippen molar-refractivity contribution < 1.29 is 0 Å². The molecule has 12 aromatic rings.